The number of nitrogens with one attached hydrogen (secondary N) is 2. The van der Waals surface area contributed by atoms with Crippen LogP contribution < -0.4 is 10.6 Å². The number of likely N-dealkylation sites (N-methyl/N-ethyl adjacent to an activating group) is 1. The normalized spacial score (nSPS) is 13.2. The van der Waals surface area contributed by atoms with Gasteiger partial charge < -0.3 is 15.5 Å². The van der Waals surface area contributed by atoms with Crippen molar-refractivity contribution in [3.63, 3.8) is 0 Å². The molecule has 7 heteroatoms. The van der Waals surface area contributed by atoms with Gasteiger partial charge in [-0.1, -0.05) is 23.7 Å². The summed E-state index contributed by atoms with van der Waals surface area (Å²) in [5, 5.41) is 11.6. The minimum atomic E-state index is 0.220. The lowest BCUT2D eigenvalue weighted by Gasteiger charge is -2.26. The van der Waals surface area contributed by atoms with E-state index in [-0.39, 0.29) is 6.04 Å². The second-order valence-electron chi connectivity index (χ2n) is 5.78. The zero-order chi connectivity index (χ0) is 17.5. The van der Waals surface area contributed by atoms with Crippen LogP contribution in [0.5, 0.6) is 0 Å². The monoisotopic (exact) mass is 348 g/mol. The van der Waals surface area contributed by atoms with E-state index >= 15 is 0 Å². The zero-order valence-electron chi connectivity index (χ0n) is 14.6. The van der Waals surface area contributed by atoms with Gasteiger partial charge in [0.1, 0.15) is 0 Å². The molecule has 0 fully saturated rings. The highest BCUT2D eigenvalue weighted by Crippen LogP contribution is 2.19. The maximum absolute atomic E-state index is 5.98. The first-order valence-corrected chi connectivity index (χ1v) is 8.22. The van der Waals surface area contributed by atoms with Crippen LogP contribution in [-0.2, 0) is 13.6 Å². The maximum Gasteiger partial charge on any atom is 0.191 e. The highest BCUT2D eigenvalue weighted by molar-refractivity contribution is 6.30. The van der Waals surface area contributed by atoms with Crippen molar-refractivity contribution in [1.82, 2.24) is 25.3 Å². The van der Waals surface area contributed by atoms with Crippen molar-refractivity contribution in [2.45, 2.75) is 12.6 Å². The van der Waals surface area contributed by atoms with Gasteiger partial charge >= 0.3 is 0 Å². The molecule has 0 aliphatic carbocycles. The van der Waals surface area contributed by atoms with E-state index in [0.717, 1.165) is 23.2 Å². The summed E-state index contributed by atoms with van der Waals surface area (Å²) in [6.07, 6.45) is 1.79. The standard InChI is InChI=1S/C17H25ClN6/c1-19-17(20-11-15-9-10-22-24(15)4)21-12-16(23(2)3)13-5-7-14(18)8-6-13/h5-10,16H,11-12H2,1-4H3,(H2,19,20,21). The molecule has 2 rings (SSSR count). The third kappa shape index (κ3) is 4.97. The molecule has 1 aromatic heterocycles. The highest BCUT2D eigenvalue weighted by Gasteiger charge is 2.14. The fourth-order valence-corrected chi connectivity index (χ4v) is 2.57. The van der Waals surface area contributed by atoms with Gasteiger partial charge in [0, 0.05) is 31.9 Å². The molecule has 0 spiro atoms. The molecule has 1 heterocycles. The Kier molecular flexibility index (Phi) is 6.63. The van der Waals surface area contributed by atoms with Gasteiger partial charge in [-0.15, -0.1) is 0 Å². The number of benzene rings is 1. The Morgan fingerprint density at radius 2 is 1.96 bits per heavy atom. The molecule has 24 heavy (non-hydrogen) atoms. The highest BCUT2D eigenvalue weighted by atomic mass is 35.5. The Labute approximate surface area is 148 Å². The third-order valence-electron chi connectivity index (χ3n) is 3.92. The first-order chi connectivity index (χ1) is 11.5. The minimum Gasteiger partial charge on any atom is -0.354 e. The molecular weight excluding hydrogens is 324 g/mol. The second-order valence-corrected chi connectivity index (χ2v) is 6.22. The molecule has 0 saturated heterocycles. The Hall–Kier alpha value is -2.05. The molecule has 0 bridgehead atoms. The second kappa shape index (κ2) is 8.70. The Morgan fingerprint density at radius 3 is 2.50 bits per heavy atom. The fraction of sp³-hybridized carbons (Fsp3) is 0.412. The average molecular weight is 349 g/mol. The van der Waals surface area contributed by atoms with Gasteiger partial charge in [0.25, 0.3) is 0 Å². The predicted molar refractivity (Wildman–Crippen MR) is 99.3 cm³/mol. The van der Waals surface area contributed by atoms with E-state index in [4.69, 9.17) is 11.6 Å². The molecule has 1 aromatic carbocycles. The van der Waals surface area contributed by atoms with Crippen LogP contribution in [0.1, 0.15) is 17.3 Å². The molecule has 0 aliphatic heterocycles. The van der Waals surface area contributed by atoms with Crippen molar-refractivity contribution in [2.24, 2.45) is 12.0 Å². The largest absolute Gasteiger partial charge is 0.354 e. The van der Waals surface area contributed by atoms with E-state index in [1.807, 2.05) is 29.9 Å². The van der Waals surface area contributed by atoms with Gasteiger partial charge in [-0.05, 0) is 37.9 Å². The Bertz CT molecular complexity index is 662. The van der Waals surface area contributed by atoms with Crippen molar-refractivity contribution in [2.75, 3.05) is 27.7 Å². The summed E-state index contributed by atoms with van der Waals surface area (Å²) in [6.45, 7) is 1.41. The third-order valence-corrected chi connectivity index (χ3v) is 4.18. The first kappa shape index (κ1) is 18.3. The van der Waals surface area contributed by atoms with Gasteiger partial charge in [0.2, 0.25) is 0 Å². The molecule has 0 radical (unpaired) electrons. The summed E-state index contributed by atoms with van der Waals surface area (Å²) < 4.78 is 1.84. The number of aryl methyl sites for hydroxylation is 1. The number of aromatic nitrogens is 2. The van der Waals surface area contributed by atoms with Gasteiger partial charge in [0.15, 0.2) is 5.96 Å². The first-order valence-electron chi connectivity index (χ1n) is 7.84. The number of rotatable bonds is 6. The number of hydrogen-bond acceptors (Lipinski definition) is 3. The number of guanidine groups is 1. The van der Waals surface area contributed by atoms with Crippen molar-refractivity contribution >= 4 is 17.6 Å². The Balaban J connectivity index is 1.94. The van der Waals surface area contributed by atoms with Crippen LogP contribution >= 0.6 is 11.6 Å². The van der Waals surface area contributed by atoms with Crippen LogP contribution in [-0.4, -0.2) is 48.3 Å². The molecule has 2 aromatic rings. The lowest BCUT2D eigenvalue weighted by Crippen LogP contribution is -2.41. The number of aliphatic imine (C=N–C) groups is 1. The van der Waals surface area contributed by atoms with E-state index in [9.17, 15) is 0 Å². The SMILES string of the molecule is CN=C(NCc1ccnn1C)NCC(c1ccc(Cl)cc1)N(C)C. The molecule has 0 saturated carbocycles. The van der Waals surface area contributed by atoms with Crippen molar-refractivity contribution in [3.05, 3.63) is 52.8 Å². The number of halogens is 1. The number of nitrogens with zero attached hydrogens (tertiary/aromatic N) is 4. The van der Waals surface area contributed by atoms with Crippen LogP contribution in [0.15, 0.2) is 41.5 Å². The maximum atomic E-state index is 5.98. The minimum absolute atomic E-state index is 0.220. The number of hydrogen-bond donors (Lipinski definition) is 2. The quantitative estimate of drug-likeness (QED) is 0.619. The van der Waals surface area contributed by atoms with Crippen molar-refractivity contribution in [3.8, 4) is 0 Å². The van der Waals surface area contributed by atoms with Gasteiger partial charge in [-0.25, -0.2) is 0 Å². The molecule has 2 N–H and O–H groups in total. The van der Waals surface area contributed by atoms with Crippen molar-refractivity contribution in [1.29, 1.82) is 0 Å². The topological polar surface area (TPSA) is 57.5 Å². The van der Waals surface area contributed by atoms with Crippen LogP contribution in [0, 0.1) is 0 Å². The lowest BCUT2D eigenvalue weighted by molar-refractivity contribution is 0.298. The fourth-order valence-electron chi connectivity index (χ4n) is 2.45. The summed E-state index contributed by atoms with van der Waals surface area (Å²) in [4.78, 5) is 6.45. The van der Waals surface area contributed by atoms with Gasteiger partial charge in [-0.3, -0.25) is 9.67 Å². The van der Waals surface area contributed by atoms with E-state index in [0.29, 0.717) is 6.54 Å². The van der Waals surface area contributed by atoms with Crippen LogP contribution in [0.2, 0.25) is 5.02 Å². The summed E-state index contributed by atoms with van der Waals surface area (Å²) in [5.74, 6) is 0.761. The van der Waals surface area contributed by atoms with E-state index in [2.05, 4.69) is 51.9 Å². The molecule has 0 aliphatic rings. The molecule has 130 valence electrons. The van der Waals surface area contributed by atoms with Crippen LogP contribution in [0.4, 0.5) is 0 Å². The smallest absolute Gasteiger partial charge is 0.191 e. The molecule has 1 atom stereocenters. The van der Waals surface area contributed by atoms with Gasteiger partial charge in [-0.2, -0.15) is 5.10 Å². The molecule has 0 amide bonds. The summed E-state index contributed by atoms with van der Waals surface area (Å²) in [6, 6.07) is 10.2. The van der Waals surface area contributed by atoms with Crippen molar-refractivity contribution < 1.29 is 0 Å². The van der Waals surface area contributed by atoms with Crippen LogP contribution in [0.3, 0.4) is 0 Å². The molecule has 1 unspecified atom stereocenters. The summed E-state index contributed by atoms with van der Waals surface area (Å²) >= 11 is 5.98. The van der Waals surface area contributed by atoms with Crippen LogP contribution in [0.25, 0.3) is 0 Å². The zero-order valence-corrected chi connectivity index (χ0v) is 15.4. The predicted octanol–water partition coefficient (Wildman–Crippen LogP) is 2.04. The Morgan fingerprint density at radius 1 is 1.25 bits per heavy atom. The lowest BCUT2D eigenvalue weighted by atomic mass is 10.1. The molecular formula is C17H25ClN6. The average Bonchev–Trinajstić information content (AvgIpc) is 2.97. The van der Waals surface area contributed by atoms with Gasteiger partial charge in [0.05, 0.1) is 18.3 Å². The summed E-state index contributed by atoms with van der Waals surface area (Å²) in [7, 11) is 7.82. The van der Waals surface area contributed by atoms with E-state index < -0.39 is 0 Å². The van der Waals surface area contributed by atoms with E-state index in [1.165, 1.54) is 5.56 Å². The van der Waals surface area contributed by atoms with E-state index in [1.54, 1.807) is 13.2 Å². The molecule has 6 nitrogen and oxygen atoms in total. The summed E-state index contributed by atoms with van der Waals surface area (Å²) in [5.41, 5.74) is 2.30.